The Labute approximate surface area is 192 Å². The maximum atomic E-state index is 13.8. The molecule has 0 aliphatic carbocycles. The number of ether oxygens (including phenoxy) is 2. The maximum Gasteiger partial charge on any atom is 0.266 e. The Morgan fingerprint density at radius 1 is 0.818 bits per heavy atom. The van der Waals surface area contributed by atoms with Gasteiger partial charge in [-0.15, -0.1) is 0 Å². The average Bonchev–Trinajstić information content (AvgIpc) is 3.35. The van der Waals surface area contributed by atoms with Crippen molar-refractivity contribution in [3.63, 3.8) is 0 Å². The highest BCUT2D eigenvalue weighted by molar-refractivity contribution is 6.24. The summed E-state index contributed by atoms with van der Waals surface area (Å²) in [6.07, 6.45) is -0.945. The normalized spacial score (nSPS) is 22.0. The fourth-order valence-corrected chi connectivity index (χ4v) is 4.62. The van der Waals surface area contributed by atoms with Crippen LogP contribution in [0.2, 0.25) is 0 Å². The zero-order valence-corrected chi connectivity index (χ0v) is 18.6. The summed E-state index contributed by atoms with van der Waals surface area (Å²) in [6, 6.07) is 21.6. The summed E-state index contributed by atoms with van der Waals surface area (Å²) in [7, 11) is 3.16. The number of rotatable bonds is 5. The fourth-order valence-electron chi connectivity index (χ4n) is 4.62. The first kappa shape index (κ1) is 21.0. The first-order chi connectivity index (χ1) is 16.0. The number of imide groups is 1. The molecule has 7 heteroatoms. The Balaban J connectivity index is 1.64. The summed E-state index contributed by atoms with van der Waals surface area (Å²) in [5.41, 5.74) is 2.96. The molecule has 2 aliphatic heterocycles. The van der Waals surface area contributed by atoms with Crippen LogP contribution in [0.25, 0.3) is 0 Å². The van der Waals surface area contributed by atoms with Crippen molar-refractivity contribution >= 4 is 23.2 Å². The molecule has 3 aromatic rings. The summed E-state index contributed by atoms with van der Waals surface area (Å²) in [6.45, 7) is 1.92. The number of anilines is 2. The summed E-state index contributed by atoms with van der Waals surface area (Å²) < 4.78 is 11.1. The van der Waals surface area contributed by atoms with Crippen LogP contribution in [0.5, 0.6) is 11.5 Å². The highest BCUT2D eigenvalue weighted by Gasteiger charge is 2.60. The highest BCUT2D eigenvalue weighted by atomic mass is 16.7. The van der Waals surface area contributed by atoms with Gasteiger partial charge >= 0.3 is 0 Å². The van der Waals surface area contributed by atoms with Crippen LogP contribution in [-0.4, -0.2) is 32.1 Å². The van der Waals surface area contributed by atoms with Gasteiger partial charge in [0.15, 0.2) is 6.10 Å². The van der Waals surface area contributed by atoms with Gasteiger partial charge in [-0.25, -0.2) is 9.96 Å². The number of carbonyl (C=O) groups is 2. The molecule has 0 spiro atoms. The Hall–Kier alpha value is -3.84. The third kappa shape index (κ3) is 3.41. The Morgan fingerprint density at radius 3 is 2.27 bits per heavy atom. The van der Waals surface area contributed by atoms with Crippen molar-refractivity contribution in [2.24, 2.45) is 5.92 Å². The molecule has 2 amide bonds. The van der Waals surface area contributed by atoms with E-state index in [2.05, 4.69) is 0 Å². The van der Waals surface area contributed by atoms with Gasteiger partial charge in [0, 0.05) is 5.56 Å². The minimum absolute atomic E-state index is 0.302. The quantitative estimate of drug-likeness (QED) is 0.553. The summed E-state index contributed by atoms with van der Waals surface area (Å²) in [5, 5.41) is 1.65. The van der Waals surface area contributed by atoms with Gasteiger partial charge in [0.05, 0.1) is 25.6 Å². The zero-order chi connectivity index (χ0) is 23.1. The smallest absolute Gasteiger partial charge is 0.266 e. The molecule has 2 fully saturated rings. The van der Waals surface area contributed by atoms with E-state index >= 15 is 0 Å². The van der Waals surface area contributed by atoms with Crippen molar-refractivity contribution in [1.29, 1.82) is 0 Å². The standard InChI is InChI=1S/C26H24N2O5/c1-16-8-7-11-18(14-16)27-25(29)22-23(20-15-19(31-2)12-13-21(20)32-3)28(33-24(22)26(27)30)17-9-5-4-6-10-17/h4-15,22-24H,1-3H3/t22-,23-,24+/m1/s1. The minimum Gasteiger partial charge on any atom is -0.497 e. The number of hydroxylamine groups is 1. The van der Waals surface area contributed by atoms with Crippen LogP contribution >= 0.6 is 0 Å². The van der Waals surface area contributed by atoms with Gasteiger partial charge in [0.2, 0.25) is 5.91 Å². The SMILES string of the molecule is COc1ccc(OC)c([C@@H]2[C@H]3C(=O)N(c4cccc(C)c4)C(=O)[C@H]3ON2c2ccccc2)c1. The third-order valence-corrected chi connectivity index (χ3v) is 6.14. The maximum absolute atomic E-state index is 13.8. The van der Waals surface area contributed by atoms with E-state index in [1.54, 1.807) is 37.5 Å². The molecule has 3 aromatic carbocycles. The molecular weight excluding hydrogens is 420 g/mol. The first-order valence-electron chi connectivity index (χ1n) is 10.7. The van der Waals surface area contributed by atoms with Crippen LogP contribution in [0, 0.1) is 12.8 Å². The second-order valence-electron chi connectivity index (χ2n) is 8.12. The van der Waals surface area contributed by atoms with Crippen LogP contribution in [-0.2, 0) is 14.4 Å². The van der Waals surface area contributed by atoms with E-state index in [1.807, 2.05) is 61.5 Å². The number of nitrogens with zero attached hydrogens (tertiary/aromatic N) is 2. The fraction of sp³-hybridized carbons (Fsp3) is 0.231. The Bertz CT molecular complexity index is 1210. The third-order valence-electron chi connectivity index (χ3n) is 6.14. The topological polar surface area (TPSA) is 68.3 Å². The van der Waals surface area contributed by atoms with Crippen molar-refractivity contribution in [2.45, 2.75) is 19.1 Å². The van der Waals surface area contributed by atoms with Gasteiger partial charge in [0.25, 0.3) is 5.91 Å². The van der Waals surface area contributed by atoms with Crippen LogP contribution in [0.15, 0.2) is 72.8 Å². The predicted octanol–water partition coefficient (Wildman–Crippen LogP) is 4.06. The molecule has 7 nitrogen and oxygen atoms in total. The lowest BCUT2D eigenvalue weighted by atomic mass is 9.89. The molecule has 2 heterocycles. The minimum atomic E-state index is -0.945. The molecule has 5 rings (SSSR count). The Kier molecular flexibility index (Phi) is 5.26. The molecule has 2 saturated heterocycles. The van der Waals surface area contributed by atoms with Crippen molar-refractivity contribution in [1.82, 2.24) is 0 Å². The number of hydrogen-bond acceptors (Lipinski definition) is 6. The van der Waals surface area contributed by atoms with Crippen LogP contribution in [0.4, 0.5) is 11.4 Å². The van der Waals surface area contributed by atoms with E-state index in [0.29, 0.717) is 22.7 Å². The van der Waals surface area contributed by atoms with E-state index in [4.69, 9.17) is 14.3 Å². The van der Waals surface area contributed by atoms with Crippen LogP contribution < -0.4 is 19.4 Å². The lowest BCUT2D eigenvalue weighted by Gasteiger charge is -2.29. The van der Waals surface area contributed by atoms with E-state index in [1.165, 1.54) is 4.90 Å². The number of methoxy groups -OCH3 is 2. The summed E-state index contributed by atoms with van der Waals surface area (Å²) in [5.74, 6) is -0.223. The molecule has 0 unspecified atom stereocenters. The van der Waals surface area contributed by atoms with E-state index in [9.17, 15) is 9.59 Å². The highest BCUT2D eigenvalue weighted by Crippen LogP contribution is 2.50. The summed E-state index contributed by atoms with van der Waals surface area (Å²) in [4.78, 5) is 34.6. The second-order valence-corrected chi connectivity index (χ2v) is 8.12. The molecule has 168 valence electrons. The molecule has 33 heavy (non-hydrogen) atoms. The molecule has 2 aliphatic rings. The van der Waals surface area contributed by atoms with Gasteiger partial charge < -0.3 is 9.47 Å². The number of para-hydroxylation sites is 1. The lowest BCUT2D eigenvalue weighted by molar-refractivity contribution is -0.126. The second kappa shape index (κ2) is 8.26. The number of carbonyl (C=O) groups excluding carboxylic acids is 2. The van der Waals surface area contributed by atoms with Crippen molar-refractivity contribution in [2.75, 3.05) is 24.2 Å². The zero-order valence-electron chi connectivity index (χ0n) is 18.6. The molecule has 0 bridgehead atoms. The van der Waals surface area contributed by atoms with E-state index < -0.39 is 18.1 Å². The van der Waals surface area contributed by atoms with Crippen molar-refractivity contribution in [3.8, 4) is 11.5 Å². The van der Waals surface area contributed by atoms with E-state index in [-0.39, 0.29) is 11.8 Å². The van der Waals surface area contributed by atoms with Gasteiger partial charge in [0.1, 0.15) is 23.5 Å². The van der Waals surface area contributed by atoms with Crippen molar-refractivity contribution in [3.05, 3.63) is 83.9 Å². The molecule has 0 radical (unpaired) electrons. The Morgan fingerprint density at radius 2 is 1.58 bits per heavy atom. The average molecular weight is 444 g/mol. The first-order valence-corrected chi connectivity index (χ1v) is 10.7. The molecule has 3 atom stereocenters. The van der Waals surface area contributed by atoms with Crippen LogP contribution in [0.3, 0.4) is 0 Å². The predicted molar refractivity (Wildman–Crippen MR) is 123 cm³/mol. The molecular formula is C26H24N2O5. The van der Waals surface area contributed by atoms with Crippen LogP contribution in [0.1, 0.15) is 17.2 Å². The number of hydrogen-bond donors (Lipinski definition) is 0. The summed E-state index contributed by atoms with van der Waals surface area (Å²) >= 11 is 0. The van der Waals surface area contributed by atoms with Gasteiger partial charge in [-0.2, -0.15) is 0 Å². The number of fused-ring (bicyclic) bond motifs is 1. The van der Waals surface area contributed by atoms with E-state index in [0.717, 1.165) is 11.3 Å². The molecule has 0 aromatic heterocycles. The molecule has 0 N–H and O–H groups in total. The number of amides is 2. The lowest BCUT2D eigenvalue weighted by Crippen LogP contribution is -2.37. The monoisotopic (exact) mass is 444 g/mol. The van der Waals surface area contributed by atoms with Crippen molar-refractivity contribution < 1.29 is 23.9 Å². The van der Waals surface area contributed by atoms with Gasteiger partial charge in [-0.1, -0.05) is 30.3 Å². The van der Waals surface area contributed by atoms with Gasteiger partial charge in [-0.3, -0.25) is 14.4 Å². The largest absolute Gasteiger partial charge is 0.497 e. The number of aryl methyl sites for hydroxylation is 1. The molecule has 0 saturated carbocycles. The van der Waals surface area contributed by atoms with Gasteiger partial charge in [-0.05, 0) is 55.0 Å². The number of benzene rings is 3.